The summed E-state index contributed by atoms with van der Waals surface area (Å²) < 4.78 is 6.46. The minimum atomic E-state index is -1.46. The number of allylic oxidation sites excluding steroid dienone is 4. The van der Waals surface area contributed by atoms with Crippen LogP contribution in [0.3, 0.4) is 0 Å². The van der Waals surface area contributed by atoms with Crippen molar-refractivity contribution in [1.29, 1.82) is 0 Å². The lowest BCUT2D eigenvalue weighted by Crippen LogP contribution is -2.59. The van der Waals surface area contributed by atoms with Crippen LogP contribution >= 0.6 is 31.9 Å². The molecule has 0 radical (unpaired) electrons. The van der Waals surface area contributed by atoms with Crippen LogP contribution in [0.5, 0.6) is 11.5 Å². The Balaban J connectivity index is 1.15. The van der Waals surface area contributed by atoms with Crippen LogP contribution in [0.4, 0.5) is 22.7 Å². The van der Waals surface area contributed by atoms with Gasteiger partial charge in [0.25, 0.3) is 0 Å². The average molecular weight is 941 g/mol. The Hall–Kier alpha value is -5.98. The lowest BCUT2D eigenvalue weighted by atomic mass is 9.44. The number of amides is 2. The van der Waals surface area contributed by atoms with Crippen LogP contribution in [0, 0.1) is 23.7 Å². The minimum Gasteiger partial charge on any atom is -0.503 e. The predicted molar refractivity (Wildman–Crippen MR) is 241 cm³/mol. The van der Waals surface area contributed by atoms with Gasteiger partial charge >= 0.3 is 0 Å². The van der Waals surface area contributed by atoms with Gasteiger partial charge in [-0.25, -0.2) is 0 Å². The Morgan fingerprint density at radius 1 is 0.787 bits per heavy atom. The second-order valence-corrected chi connectivity index (χ2v) is 17.7. The Kier molecular flexibility index (Phi) is 10.5. The first-order valence-corrected chi connectivity index (χ1v) is 21.6. The molecule has 0 unspecified atom stereocenters. The predicted octanol–water partition coefficient (Wildman–Crippen LogP) is 10.4. The van der Waals surface area contributed by atoms with Gasteiger partial charge in [0.2, 0.25) is 11.8 Å². The van der Waals surface area contributed by atoms with Crippen molar-refractivity contribution in [2.75, 3.05) is 31.0 Å². The zero-order valence-electron chi connectivity index (χ0n) is 33.5. The summed E-state index contributed by atoms with van der Waals surface area (Å²) in [5.41, 5.74) is 4.20. The molecule has 5 aromatic carbocycles. The number of Topliss-reactive ketones (excluding diaryl/α,β-unsaturated/α-hetero) is 1. The lowest BCUT2D eigenvalue weighted by Gasteiger charge is -2.55. The van der Waals surface area contributed by atoms with Gasteiger partial charge in [0.1, 0.15) is 0 Å². The second kappa shape index (κ2) is 15.8. The number of anilines is 2. The molecule has 3 aliphatic carbocycles. The zero-order chi connectivity index (χ0) is 42.7. The third kappa shape index (κ3) is 6.50. The third-order valence-electron chi connectivity index (χ3n) is 12.8. The van der Waals surface area contributed by atoms with Crippen molar-refractivity contribution in [2.24, 2.45) is 33.9 Å². The van der Waals surface area contributed by atoms with Crippen LogP contribution in [-0.4, -0.2) is 49.7 Å². The highest BCUT2D eigenvalue weighted by Gasteiger charge is 2.66. The van der Waals surface area contributed by atoms with Crippen LogP contribution in [0.15, 0.2) is 152 Å². The van der Waals surface area contributed by atoms with E-state index in [-0.39, 0.29) is 47.7 Å². The van der Waals surface area contributed by atoms with E-state index >= 15 is 9.59 Å². The fourth-order valence-corrected chi connectivity index (χ4v) is 11.0. The first kappa shape index (κ1) is 40.4. The van der Waals surface area contributed by atoms with Crippen molar-refractivity contribution < 1.29 is 29.0 Å². The number of azo groups is 1. The minimum absolute atomic E-state index is 0.135. The van der Waals surface area contributed by atoms with Gasteiger partial charge < -0.3 is 14.7 Å². The molecule has 1 aliphatic heterocycles. The highest BCUT2D eigenvalue weighted by Crippen LogP contribution is 2.65. The topological polar surface area (TPSA) is 129 Å². The molecule has 2 amide bonds. The summed E-state index contributed by atoms with van der Waals surface area (Å²) in [6, 6.07) is 34.7. The van der Waals surface area contributed by atoms with Crippen molar-refractivity contribution in [3.8, 4) is 11.5 Å². The summed E-state index contributed by atoms with van der Waals surface area (Å²) in [4.78, 5) is 63.3. The highest BCUT2D eigenvalue weighted by atomic mass is 79.9. The van der Waals surface area contributed by atoms with E-state index in [1.165, 1.54) is 18.1 Å². The molecule has 9 rings (SSSR count). The van der Waals surface area contributed by atoms with E-state index in [0.29, 0.717) is 48.3 Å². The summed E-state index contributed by atoms with van der Waals surface area (Å²) >= 11 is 7.31. The van der Waals surface area contributed by atoms with Crippen molar-refractivity contribution in [2.45, 2.75) is 24.2 Å². The molecule has 12 heteroatoms. The molecule has 10 nitrogen and oxygen atoms in total. The second-order valence-electron chi connectivity index (χ2n) is 16.1. The molecule has 1 saturated heterocycles. The SMILES string of the molecule is COc1cc([C@H]2C3=CC[C@@H]4C(=O)N(c5ccc(N=Nc6ccc(N(C)C)cc6)cc5)C(=O)[C@@H]4[C@@H]3C[C@H]3C(=O)C(c4ccccc4)=CC(=O)[C@@]23c2ccccc2)c(Br)c(Br)c1O. The number of ketones is 2. The van der Waals surface area contributed by atoms with Crippen molar-refractivity contribution in [1.82, 2.24) is 0 Å². The number of phenols is 1. The number of fused-ring (bicyclic) bond motifs is 4. The molecule has 4 aliphatic rings. The molecule has 6 atom stereocenters. The first-order valence-electron chi connectivity index (χ1n) is 20.0. The van der Waals surface area contributed by atoms with Gasteiger partial charge in [-0.1, -0.05) is 72.3 Å². The Morgan fingerprint density at radius 3 is 2.03 bits per heavy atom. The lowest BCUT2D eigenvalue weighted by molar-refractivity contribution is -0.135. The van der Waals surface area contributed by atoms with Crippen molar-refractivity contribution in [3.05, 3.63) is 159 Å². The summed E-state index contributed by atoms with van der Waals surface area (Å²) in [6.07, 6.45) is 3.90. The maximum atomic E-state index is 15.4. The van der Waals surface area contributed by atoms with Crippen LogP contribution in [-0.2, 0) is 24.6 Å². The molecule has 0 spiro atoms. The fourth-order valence-electron chi connectivity index (χ4n) is 10.1. The molecule has 5 aromatic rings. The van der Waals surface area contributed by atoms with E-state index in [9.17, 15) is 14.7 Å². The molecule has 2 fully saturated rings. The molecular formula is C49H40Br2N4O6. The zero-order valence-corrected chi connectivity index (χ0v) is 36.6. The van der Waals surface area contributed by atoms with E-state index < -0.39 is 35.0 Å². The van der Waals surface area contributed by atoms with E-state index in [4.69, 9.17) is 4.74 Å². The van der Waals surface area contributed by atoms with Crippen LogP contribution in [0.25, 0.3) is 5.57 Å². The number of carbonyl (C=O) groups is 4. The molecule has 61 heavy (non-hydrogen) atoms. The fraction of sp³-hybridized carbons (Fsp3) is 0.224. The number of aromatic hydroxyl groups is 1. The Morgan fingerprint density at radius 2 is 1.41 bits per heavy atom. The summed E-state index contributed by atoms with van der Waals surface area (Å²) in [7, 11) is 5.38. The van der Waals surface area contributed by atoms with Gasteiger partial charge in [-0.3, -0.25) is 24.1 Å². The number of carbonyl (C=O) groups excluding carboxylic acids is 4. The number of benzene rings is 5. The number of phenolic OH excluding ortho intramolecular Hbond substituents is 1. The van der Waals surface area contributed by atoms with Crippen LogP contribution < -0.4 is 14.5 Å². The van der Waals surface area contributed by atoms with Gasteiger partial charge in [-0.15, -0.1) is 0 Å². The van der Waals surface area contributed by atoms with Crippen molar-refractivity contribution >= 4 is 83.6 Å². The molecule has 0 aromatic heterocycles. The Labute approximate surface area is 369 Å². The van der Waals surface area contributed by atoms with Crippen LogP contribution in [0.1, 0.15) is 35.4 Å². The maximum absolute atomic E-state index is 15.4. The number of rotatable bonds is 8. The maximum Gasteiger partial charge on any atom is 0.238 e. The molecule has 0 bridgehead atoms. The number of hydrogen-bond donors (Lipinski definition) is 1. The first-order chi connectivity index (χ1) is 29.4. The average Bonchev–Trinajstić information content (AvgIpc) is 3.55. The van der Waals surface area contributed by atoms with Gasteiger partial charge in [-0.05, 0) is 128 Å². The number of hydrogen-bond acceptors (Lipinski definition) is 9. The molecule has 306 valence electrons. The van der Waals surface area contributed by atoms with Gasteiger partial charge in [0.15, 0.2) is 23.1 Å². The van der Waals surface area contributed by atoms with Gasteiger partial charge in [-0.2, -0.15) is 10.2 Å². The largest absolute Gasteiger partial charge is 0.503 e. The quantitative estimate of drug-likeness (QED) is 0.0932. The molecule has 1 saturated carbocycles. The van der Waals surface area contributed by atoms with Crippen LogP contribution in [0.2, 0.25) is 0 Å². The van der Waals surface area contributed by atoms with Crippen molar-refractivity contribution in [3.63, 3.8) is 0 Å². The van der Waals surface area contributed by atoms with E-state index in [1.807, 2.05) is 110 Å². The number of ether oxygens (including phenoxy) is 1. The monoisotopic (exact) mass is 938 g/mol. The standard InChI is InChI=1S/C49H40Br2N4O6/c1-54(2)31-18-14-29(15-19-31)52-53-30-16-20-32(21-17-30)55-47(59)34-23-22-33-36(41(34)48(55)60)24-38-45(57)35(27-10-6-4-7-11-27)26-40(56)49(38,28-12-8-5-9-13-28)42(33)37-25-39(61-3)46(58)44(51)43(37)50/h4-22,25-26,34,36,38,41-42,58H,23-24H2,1-3H3/t34-,36+,38-,41-,42+,49-/m0/s1. The van der Waals surface area contributed by atoms with E-state index in [1.54, 1.807) is 30.3 Å². The number of imide groups is 1. The third-order valence-corrected chi connectivity index (χ3v) is 15.0. The number of nitrogens with zero attached hydrogens (tertiary/aromatic N) is 4. The summed E-state index contributed by atoms with van der Waals surface area (Å²) in [5.74, 6) is -4.92. The molecular weight excluding hydrogens is 900 g/mol. The number of methoxy groups -OCH3 is 1. The smallest absolute Gasteiger partial charge is 0.238 e. The normalized spacial score (nSPS) is 24.5. The number of halogens is 2. The highest BCUT2D eigenvalue weighted by molar-refractivity contribution is 9.13. The van der Waals surface area contributed by atoms with E-state index in [2.05, 4.69) is 42.1 Å². The van der Waals surface area contributed by atoms with Gasteiger partial charge in [0, 0.05) is 41.7 Å². The Bertz CT molecular complexity index is 2700. The van der Waals surface area contributed by atoms with E-state index in [0.717, 1.165) is 11.3 Å². The molecule has 1 N–H and O–H groups in total. The van der Waals surface area contributed by atoms with Gasteiger partial charge in [0.05, 0.1) is 45.9 Å². The molecule has 1 heterocycles. The summed E-state index contributed by atoms with van der Waals surface area (Å²) in [5, 5.41) is 19.8. The summed E-state index contributed by atoms with van der Waals surface area (Å²) in [6.45, 7) is 0.